The third-order valence-corrected chi connectivity index (χ3v) is 9.31. The van der Waals surface area contributed by atoms with Gasteiger partial charge in [-0.1, -0.05) is 6.07 Å². The fourth-order valence-electron chi connectivity index (χ4n) is 5.42. The minimum Gasteiger partial charge on any atom is -0.381 e. The van der Waals surface area contributed by atoms with Gasteiger partial charge in [0.1, 0.15) is 11.5 Å². The number of hydrogen-bond acceptors (Lipinski definition) is 8. The van der Waals surface area contributed by atoms with Crippen LogP contribution in [-0.4, -0.2) is 70.1 Å². The molecule has 0 bridgehead atoms. The van der Waals surface area contributed by atoms with Crippen molar-refractivity contribution in [3.63, 3.8) is 0 Å². The molecule has 214 valence electrons. The van der Waals surface area contributed by atoms with Crippen molar-refractivity contribution in [1.29, 1.82) is 0 Å². The normalized spacial score (nSPS) is 16.7. The molecule has 12 heteroatoms. The molecule has 0 atom stereocenters. The Balaban J connectivity index is 1.56. The molecule has 4 N–H and O–H groups in total. The Morgan fingerprint density at radius 3 is 2.46 bits per heavy atom. The summed E-state index contributed by atoms with van der Waals surface area (Å²) in [4.78, 5) is 14.7. The summed E-state index contributed by atoms with van der Waals surface area (Å²) in [6.07, 6.45) is 1.49. The summed E-state index contributed by atoms with van der Waals surface area (Å²) in [5, 5.41) is 11.7. The highest BCUT2D eigenvalue weighted by molar-refractivity contribution is 7.91. The number of ether oxygens (including phenoxy) is 2. The number of aromatic amines is 1. The van der Waals surface area contributed by atoms with Crippen LogP contribution in [0.15, 0.2) is 64.4 Å². The first-order valence-corrected chi connectivity index (χ1v) is 14.9. The first kappa shape index (κ1) is 27.2. The zero-order chi connectivity index (χ0) is 28.6. The Morgan fingerprint density at radius 1 is 1.00 bits per heavy atom. The Hall–Kier alpha value is -4.00. The van der Waals surface area contributed by atoms with E-state index in [1.165, 1.54) is 30.3 Å². The van der Waals surface area contributed by atoms with Crippen LogP contribution in [0.3, 0.4) is 0 Å². The number of nitrogens with one attached hydrogen (secondary N) is 2. The number of anilines is 2. The summed E-state index contributed by atoms with van der Waals surface area (Å²) in [6.45, 7) is 3.51. The average molecular weight is 580 g/mol. The van der Waals surface area contributed by atoms with Gasteiger partial charge in [-0.3, -0.25) is 9.89 Å². The van der Waals surface area contributed by atoms with Crippen LogP contribution >= 0.6 is 0 Å². The number of fused-ring (bicyclic) bond motifs is 1. The number of carbonyl (C=O) groups excluding carboxylic acids is 1. The molecule has 0 radical (unpaired) electrons. The van der Waals surface area contributed by atoms with Crippen LogP contribution in [-0.2, 0) is 19.3 Å². The zero-order valence-electron chi connectivity index (χ0n) is 22.2. The van der Waals surface area contributed by atoms with E-state index in [0.29, 0.717) is 72.9 Å². The smallest absolute Gasteiger partial charge is 0.250 e. The molecular formula is C29H30FN5O5S. The van der Waals surface area contributed by atoms with E-state index in [1.807, 2.05) is 6.07 Å². The minimum atomic E-state index is -4.03. The fourth-order valence-corrected chi connectivity index (χ4v) is 6.74. The van der Waals surface area contributed by atoms with Gasteiger partial charge in [-0.15, -0.1) is 0 Å². The number of rotatable bonds is 7. The summed E-state index contributed by atoms with van der Waals surface area (Å²) in [5.74, 6) is -1.23. The largest absolute Gasteiger partial charge is 0.381 e. The number of morpholine rings is 1. The summed E-state index contributed by atoms with van der Waals surface area (Å²) in [6, 6.07) is 13.2. The highest BCUT2D eigenvalue weighted by Crippen LogP contribution is 2.43. The third-order valence-electron chi connectivity index (χ3n) is 7.56. The molecule has 2 fully saturated rings. The molecular weight excluding hydrogens is 549 g/mol. The quantitative estimate of drug-likeness (QED) is 0.301. The van der Waals surface area contributed by atoms with Crippen molar-refractivity contribution in [2.75, 3.05) is 49.7 Å². The second kappa shape index (κ2) is 11.1. The van der Waals surface area contributed by atoms with E-state index in [9.17, 15) is 17.6 Å². The van der Waals surface area contributed by atoms with E-state index >= 15 is 0 Å². The van der Waals surface area contributed by atoms with Gasteiger partial charge in [0.05, 0.1) is 45.3 Å². The number of primary amides is 1. The van der Waals surface area contributed by atoms with Gasteiger partial charge in [0.2, 0.25) is 9.84 Å². The van der Waals surface area contributed by atoms with Crippen molar-refractivity contribution in [2.24, 2.45) is 5.73 Å². The Morgan fingerprint density at radius 2 is 1.73 bits per heavy atom. The van der Waals surface area contributed by atoms with Gasteiger partial charge in [0, 0.05) is 43.4 Å². The first-order valence-electron chi connectivity index (χ1n) is 13.5. The van der Waals surface area contributed by atoms with Gasteiger partial charge >= 0.3 is 0 Å². The number of H-pyrrole nitrogens is 1. The molecule has 2 aliphatic heterocycles. The van der Waals surface area contributed by atoms with E-state index in [1.54, 1.807) is 12.1 Å². The summed E-state index contributed by atoms with van der Waals surface area (Å²) < 4.78 is 52.0. The lowest BCUT2D eigenvalue weighted by Crippen LogP contribution is -2.37. The van der Waals surface area contributed by atoms with Crippen LogP contribution in [0.1, 0.15) is 23.2 Å². The number of aromatic nitrogens is 2. The molecule has 3 aromatic carbocycles. The number of halogens is 1. The molecule has 0 unspecified atom stereocenters. The summed E-state index contributed by atoms with van der Waals surface area (Å²) in [7, 11) is -4.03. The second-order valence-electron chi connectivity index (χ2n) is 10.1. The molecule has 41 heavy (non-hydrogen) atoms. The second-order valence-corrected chi connectivity index (χ2v) is 12.1. The molecule has 0 spiro atoms. The van der Waals surface area contributed by atoms with Crippen molar-refractivity contribution < 1.29 is 27.1 Å². The maximum Gasteiger partial charge on any atom is 0.250 e. The lowest BCUT2D eigenvalue weighted by atomic mass is 9.96. The predicted molar refractivity (Wildman–Crippen MR) is 152 cm³/mol. The van der Waals surface area contributed by atoms with E-state index in [0.717, 1.165) is 24.6 Å². The molecule has 0 aliphatic carbocycles. The van der Waals surface area contributed by atoms with Gasteiger partial charge in [0.15, 0.2) is 0 Å². The molecule has 4 aromatic rings. The molecule has 2 saturated heterocycles. The van der Waals surface area contributed by atoms with Crippen molar-refractivity contribution in [3.05, 3.63) is 66.0 Å². The van der Waals surface area contributed by atoms with Crippen molar-refractivity contribution in [3.8, 4) is 11.3 Å². The number of nitrogens with two attached hydrogens (primary N) is 1. The lowest BCUT2D eigenvalue weighted by Gasteiger charge is -2.33. The van der Waals surface area contributed by atoms with E-state index < -0.39 is 21.6 Å². The molecule has 3 heterocycles. The van der Waals surface area contributed by atoms with Crippen LogP contribution in [0.5, 0.6) is 0 Å². The number of carbonyl (C=O) groups is 1. The monoisotopic (exact) mass is 579 g/mol. The van der Waals surface area contributed by atoms with E-state index in [4.69, 9.17) is 15.2 Å². The maximum absolute atomic E-state index is 13.9. The molecule has 10 nitrogen and oxygen atoms in total. The van der Waals surface area contributed by atoms with Crippen molar-refractivity contribution >= 4 is 38.0 Å². The highest BCUT2D eigenvalue weighted by atomic mass is 32.2. The van der Waals surface area contributed by atoms with Crippen molar-refractivity contribution in [1.82, 2.24) is 10.2 Å². The topological polar surface area (TPSA) is 140 Å². The van der Waals surface area contributed by atoms with E-state index in [2.05, 4.69) is 20.4 Å². The SMILES string of the molecule is NC(=O)c1ccc(N2CCOCC2)c(-c2n[nH]c3ccc(S(=O)(=O)c4cccc(F)c4)cc23)c1NC1CCOCC1. The highest BCUT2D eigenvalue weighted by Gasteiger charge is 2.28. The van der Waals surface area contributed by atoms with Gasteiger partial charge in [0.25, 0.3) is 5.91 Å². The summed E-state index contributed by atoms with van der Waals surface area (Å²) >= 11 is 0. The molecule has 1 amide bonds. The van der Waals surface area contributed by atoms with E-state index in [-0.39, 0.29) is 15.8 Å². The summed E-state index contributed by atoms with van der Waals surface area (Å²) in [5.41, 5.74) is 9.25. The third kappa shape index (κ3) is 5.25. The molecule has 0 saturated carbocycles. The predicted octanol–water partition coefficient (Wildman–Crippen LogP) is 3.73. The molecule has 1 aromatic heterocycles. The van der Waals surface area contributed by atoms with Gasteiger partial charge in [-0.2, -0.15) is 5.10 Å². The maximum atomic E-state index is 13.9. The van der Waals surface area contributed by atoms with Crippen LogP contribution < -0.4 is 16.0 Å². The fraction of sp³-hybridized carbons (Fsp3) is 0.310. The average Bonchev–Trinajstić information content (AvgIpc) is 3.41. The molecule has 6 rings (SSSR count). The number of benzene rings is 3. The van der Waals surface area contributed by atoms with Crippen LogP contribution in [0.2, 0.25) is 0 Å². The first-order chi connectivity index (χ1) is 19.8. The van der Waals surface area contributed by atoms with Crippen molar-refractivity contribution in [2.45, 2.75) is 28.7 Å². The van der Waals surface area contributed by atoms with Crippen LogP contribution in [0.4, 0.5) is 15.8 Å². The van der Waals surface area contributed by atoms with Gasteiger partial charge in [-0.25, -0.2) is 12.8 Å². The zero-order valence-corrected chi connectivity index (χ0v) is 23.0. The van der Waals surface area contributed by atoms with Crippen LogP contribution in [0, 0.1) is 5.82 Å². The number of nitrogens with zero attached hydrogens (tertiary/aromatic N) is 2. The minimum absolute atomic E-state index is 0.00355. The van der Waals surface area contributed by atoms with Crippen LogP contribution in [0.25, 0.3) is 22.2 Å². The van der Waals surface area contributed by atoms with Gasteiger partial charge < -0.3 is 25.4 Å². The Bertz CT molecular complexity index is 1710. The van der Waals surface area contributed by atoms with Gasteiger partial charge in [-0.05, 0) is 61.4 Å². The Labute approximate surface area is 236 Å². The lowest BCUT2D eigenvalue weighted by molar-refractivity contribution is 0.0904. The Kier molecular flexibility index (Phi) is 7.37. The number of hydrogen-bond donors (Lipinski definition) is 3. The standard InChI is InChI=1S/C29H30FN5O5S/c30-18-2-1-3-20(16-18)41(37,38)21-4-6-24-23(17-21)28(34-33-24)26-25(35-10-14-40-15-11-35)7-5-22(29(31)36)27(26)32-19-8-12-39-13-9-19/h1-7,16-17,19,32H,8-15H2,(H2,31,36)(H,33,34). The number of amides is 1. The molecule has 2 aliphatic rings. The number of sulfone groups is 1.